The van der Waals surface area contributed by atoms with Crippen molar-refractivity contribution in [2.75, 3.05) is 18.7 Å². The first-order valence-electron chi connectivity index (χ1n) is 13.2. The lowest BCUT2D eigenvalue weighted by molar-refractivity contribution is -0.0470. The highest BCUT2D eigenvalue weighted by Crippen LogP contribution is 2.38. The van der Waals surface area contributed by atoms with Crippen molar-refractivity contribution in [2.24, 2.45) is 0 Å². The van der Waals surface area contributed by atoms with Crippen molar-refractivity contribution in [3.05, 3.63) is 96.1 Å². The first kappa shape index (κ1) is 26.3. The van der Waals surface area contributed by atoms with Gasteiger partial charge < -0.3 is 9.84 Å². The normalized spacial score (nSPS) is 16.4. The van der Waals surface area contributed by atoms with Crippen molar-refractivity contribution in [3.63, 3.8) is 0 Å². The fourth-order valence-electron chi connectivity index (χ4n) is 5.29. The van der Waals surface area contributed by atoms with Crippen molar-refractivity contribution >= 4 is 28.6 Å². The topological polar surface area (TPSA) is 95.0 Å². The van der Waals surface area contributed by atoms with E-state index in [1.54, 1.807) is 24.3 Å². The molecule has 2 unspecified atom stereocenters. The lowest BCUT2D eigenvalue weighted by Crippen LogP contribution is -2.47. The van der Waals surface area contributed by atoms with Gasteiger partial charge in [0.1, 0.15) is 6.23 Å². The van der Waals surface area contributed by atoms with E-state index in [1.165, 1.54) is 7.11 Å². The molecule has 1 fully saturated rings. The molecule has 0 radical (unpaired) electrons. The summed E-state index contributed by atoms with van der Waals surface area (Å²) in [4.78, 5) is 34.1. The number of hydrogen-bond donors (Lipinski definition) is 2. The Kier molecular flexibility index (Phi) is 7.86. The Morgan fingerprint density at radius 1 is 1.00 bits per heavy atom. The van der Waals surface area contributed by atoms with E-state index in [-0.39, 0.29) is 6.04 Å². The molecule has 4 aromatic rings. The Morgan fingerprint density at radius 2 is 1.67 bits per heavy atom. The predicted molar refractivity (Wildman–Crippen MR) is 151 cm³/mol. The molecule has 0 saturated carbocycles. The summed E-state index contributed by atoms with van der Waals surface area (Å²) in [5, 5.41) is 12.7. The molecule has 8 heteroatoms. The maximum absolute atomic E-state index is 14.3. The molecule has 200 valence electrons. The van der Waals surface area contributed by atoms with Crippen molar-refractivity contribution in [2.45, 2.75) is 38.5 Å². The standard InChI is InChI=1S/C31H32N4O4/c1-21(34-20-12-11-19-26(34)36)27-28(30(37)33-35(31(38)39-2)23-15-7-4-8-16-23)24-17-9-10-18-25(24)32-29(27)22-13-5-3-6-14-22/h3-10,13-18,21,26,36H,11-12,19-20H2,1-2H3,(H,33,37). The summed E-state index contributed by atoms with van der Waals surface area (Å²) in [5.41, 5.74) is 6.51. The van der Waals surface area contributed by atoms with Crippen LogP contribution in [0.15, 0.2) is 84.9 Å². The van der Waals surface area contributed by atoms with Gasteiger partial charge in [-0.05, 0) is 44.4 Å². The van der Waals surface area contributed by atoms with Crippen molar-refractivity contribution in [3.8, 4) is 11.3 Å². The second kappa shape index (κ2) is 11.6. The Morgan fingerprint density at radius 3 is 2.36 bits per heavy atom. The van der Waals surface area contributed by atoms with Gasteiger partial charge in [-0.25, -0.2) is 9.78 Å². The third-order valence-electron chi connectivity index (χ3n) is 7.22. The maximum atomic E-state index is 14.3. The van der Waals surface area contributed by atoms with Gasteiger partial charge in [-0.1, -0.05) is 66.7 Å². The number of pyridine rings is 1. The lowest BCUT2D eigenvalue weighted by Gasteiger charge is -2.38. The highest BCUT2D eigenvalue weighted by Gasteiger charge is 2.33. The van der Waals surface area contributed by atoms with Gasteiger partial charge in [-0.15, -0.1) is 0 Å². The second-order valence-corrected chi connectivity index (χ2v) is 9.60. The zero-order chi connectivity index (χ0) is 27.4. The third-order valence-corrected chi connectivity index (χ3v) is 7.22. The van der Waals surface area contributed by atoms with E-state index in [1.807, 2.05) is 72.5 Å². The molecule has 2 atom stereocenters. The third kappa shape index (κ3) is 5.34. The van der Waals surface area contributed by atoms with Crippen LogP contribution in [0.3, 0.4) is 0 Å². The highest BCUT2D eigenvalue weighted by atomic mass is 16.5. The number of carbonyl (C=O) groups excluding carboxylic acids is 2. The van der Waals surface area contributed by atoms with E-state index >= 15 is 0 Å². The number of carbonyl (C=O) groups is 2. The number of anilines is 1. The van der Waals surface area contributed by atoms with Gasteiger partial charge in [0.05, 0.1) is 29.6 Å². The van der Waals surface area contributed by atoms with Gasteiger partial charge in [0, 0.05) is 29.1 Å². The van der Waals surface area contributed by atoms with E-state index in [9.17, 15) is 14.7 Å². The number of nitrogens with zero attached hydrogens (tertiary/aromatic N) is 3. The van der Waals surface area contributed by atoms with Gasteiger partial charge >= 0.3 is 6.09 Å². The molecule has 5 rings (SSSR count). The number of likely N-dealkylation sites (tertiary alicyclic amines) is 1. The van der Waals surface area contributed by atoms with E-state index in [2.05, 4.69) is 5.43 Å². The van der Waals surface area contributed by atoms with E-state index in [4.69, 9.17) is 9.72 Å². The molecule has 1 saturated heterocycles. The summed E-state index contributed by atoms with van der Waals surface area (Å²) in [6.07, 6.45) is 1.21. The molecule has 1 aromatic heterocycles. The van der Waals surface area contributed by atoms with Crippen LogP contribution in [0.25, 0.3) is 22.2 Å². The lowest BCUT2D eigenvalue weighted by atomic mass is 9.90. The summed E-state index contributed by atoms with van der Waals surface area (Å²) in [6, 6.07) is 25.7. The number of benzene rings is 3. The minimum absolute atomic E-state index is 0.336. The number of amides is 2. The van der Waals surface area contributed by atoms with E-state index in [0.29, 0.717) is 46.4 Å². The number of methoxy groups -OCH3 is 1. The molecule has 0 spiro atoms. The number of hydrogen-bond acceptors (Lipinski definition) is 6. The molecule has 39 heavy (non-hydrogen) atoms. The fraction of sp³-hybridized carbons (Fsp3) is 0.258. The predicted octanol–water partition coefficient (Wildman–Crippen LogP) is 5.68. The summed E-state index contributed by atoms with van der Waals surface area (Å²) >= 11 is 0. The number of piperidine rings is 1. The molecule has 2 heterocycles. The number of fused-ring (bicyclic) bond motifs is 1. The average molecular weight is 525 g/mol. The molecule has 0 bridgehead atoms. The summed E-state index contributed by atoms with van der Waals surface area (Å²) < 4.78 is 4.99. The molecule has 2 N–H and O–H groups in total. The van der Waals surface area contributed by atoms with Crippen molar-refractivity contribution in [1.82, 2.24) is 15.3 Å². The summed E-state index contributed by atoms with van der Waals surface area (Å²) in [6.45, 7) is 2.70. The van der Waals surface area contributed by atoms with E-state index < -0.39 is 18.2 Å². The van der Waals surface area contributed by atoms with Gasteiger partial charge in [-0.3, -0.25) is 15.1 Å². The van der Waals surface area contributed by atoms with Gasteiger partial charge in [0.15, 0.2) is 0 Å². The average Bonchev–Trinajstić information content (AvgIpc) is 2.99. The van der Waals surface area contributed by atoms with Crippen LogP contribution in [0, 0.1) is 0 Å². The van der Waals surface area contributed by atoms with Crippen LogP contribution in [0.2, 0.25) is 0 Å². The van der Waals surface area contributed by atoms with Crippen LogP contribution >= 0.6 is 0 Å². The number of nitrogens with one attached hydrogen (secondary N) is 1. The van der Waals surface area contributed by atoms with Crippen LogP contribution in [0.1, 0.15) is 48.1 Å². The Labute approximate surface area is 227 Å². The Bertz CT molecular complexity index is 1460. The smallest absolute Gasteiger partial charge is 0.433 e. The number of para-hydroxylation sites is 2. The van der Waals surface area contributed by atoms with Crippen LogP contribution in [-0.2, 0) is 4.74 Å². The quantitative estimate of drug-likeness (QED) is 0.326. The minimum atomic E-state index is -0.725. The molecule has 2 amide bonds. The van der Waals surface area contributed by atoms with Gasteiger partial charge in [0.2, 0.25) is 0 Å². The molecule has 1 aliphatic rings. The Hall–Kier alpha value is -4.27. The number of aromatic nitrogens is 1. The number of ether oxygens (including phenoxy) is 1. The zero-order valence-electron chi connectivity index (χ0n) is 22.1. The summed E-state index contributed by atoms with van der Waals surface area (Å²) in [5.74, 6) is -0.478. The fourth-order valence-corrected chi connectivity index (χ4v) is 5.29. The zero-order valence-corrected chi connectivity index (χ0v) is 22.1. The van der Waals surface area contributed by atoms with Crippen LogP contribution in [0.5, 0.6) is 0 Å². The number of aliphatic hydroxyl groups excluding tert-OH is 1. The SMILES string of the molecule is COC(=O)N(NC(=O)c1c(C(C)N2CCCCC2O)c(-c2ccccc2)nc2ccccc12)c1ccccc1. The number of hydrazine groups is 1. The van der Waals surface area contributed by atoms with E-state index in [0.717, 1.165) is 23.4 Å². The van der Waals surface area contributed by atoms with Crippen molar-refractivity contribution < 1.29 is 19.4 Å². The number of rotatable bonds is 5. The van der Waals surface area contributed by atoms with Crippen LogP contribution in [0.4, 0.5) is 10.5 Å². The van der Waals surface area contributed by atoms with Gasteiger partial charge in [-0.2, -0.15) is 5.01 Å². The highest BCUT2D eigenvalue weighted by molar-refractivity contribution is 6.11. The minimum Gasteiger partial charge on any atom is -0.451 e. The van der Waals surface area contributed by atoms with Crippen LogP contribution < -0.4 is 10.4 Å². The molecule has 0 aliphatic carbocycles. The summed E-state index contributed by atoms with van der Waals surface area (Å²) in [7, 11) is 1.27. The molecule has 3 aromatic carbocycles. The Balaban J connectivity index is 1.72. The maximum Gasteiger partial charge on any atom is 0.433 e. The van der Waals surface area contributed by atoms with Crippen molar-refractivity contribution in [1.29, 1.82) is 0 Å². The second-order valence-electron chi connectivity index (χ2n) is 9.60. The molecule has 1 aliphatic heterocycles. The molecular weight excluding hydrogens is 492 g/mol. The van der Waals surface area contributed by atoms with Crippen LogP contribution in [-0.4, -0.2) is 46.9 Å². The number of aliphatic hydroxyl groups is 1. The van der Waals surface area contributed by atoms with Gasteiger partial charge in [0.25, 0.3) is 5.91 Å². The first-order valence-corrected chi connectivity index (χ1v) is 13.2. The molecular formula is C31H32N4O4. The first-order chi connectivity index (χ1) is 19.0. The molecule has 8 nitrogen and oxygen atoms in total. The monoisotopic (exact) mass is 524 g/mol. The largest absolute Gasteiger partial charge is 0.451 e.